The van der Waals surface area contributed by atoms with Crippen molar-refractivity contribution in [2.45, 2.75) is 103 Å². The molecule has 2 aliphatic heterocycles. The summed E-state index contributed by atoms with van der Waals surface area (Å²) < 4.78 is 13.7. The number of carbonyl (C=O) groups is 1. The van der Waals surface area contributed by atoms with Gasteiger partial charge in [0.05, 0.1) is 22.1 Å². The Kier molecular flexibility index (Phi) is 8.36. The number of ether oxygens (including phenoxy) is 2. The van der Waals surface area contributed by atoms with E-state index in [0.717, 1.165) is 59.8 Å². The van der Waals surface area contributed by atoms with Crippen LogP contribution < -0.4 is 10.2 Å². The van der Waals surface area contributed by atoms with E-state index in [4.69, 9.17) is 42.6 Å². The summed E-state index contributed by atoms with van der Waals surface area (Å²) in [6.45, 7) is 13.7. The highest BCUT2D eigenvalue weighted by Crippen LogP contribution is 2.42. The third-order valence-electron chi connectivity index (χ3n) is 8.40. The highest BCUT2D eigenvalue weighted by Gasteiger charge is 2.42. The van der Waals surface area contributed by atoms with Crippen LogP contribution in [-0.2, 0) is 16.2 Å². The molecule has 2 bridgehead atoms. The van der Waals surface area contributed by atoms with Crippen LogP contribution in [0.2, 0.25) is 35.9 Å². The lowest BCUT2D eigenvalue weighted by Gasteiger charge is -2.39. The summed E-state index contributed by atoms with van der Waals surface area (Å²) in [4.78, 5) is 25.1. The Bertz CT molecular complexity index is 1680. The van der Waals surface area contributed by atoms with Crippen molar-refractivity contribution in [2.75, 3.05) is 11.5 Å². The summed E-state index contributed by atoms with van der Waals surface area (Å²) >= 11 is 13.3. The number of hydrogen-bond acceptors (Lipinski definition) is 7. The number of carbonyl (C=O) groups excluding carboxylic acids is 1. The maximum Gasteiger partial charge on any atom is 0.407 e. The van der Waals surface area contributed by atoms with Gasteiger partial charge >= 0.3 is 6.09 Å². The van der Waals surface area contributed by atoms with Crippen molar-refractivity contribution >= 4 is 65.3 Å². The van der Waals surface area contributed by atoms with Crippen LogP contribution in [0.4, 0.5) is 10.6 Å². The Morgan fingerprint density at radius 3 is 2.55 bits per heavy atom. The molecular formula is C31H41Cl2N7O3Si. The number of amides is 1. The average molecular weight is 659 g/mol. The van der Waals surface area contributed by atoms with E-state index >= 15 is 0 Å². The van der Waals surface area contributed by atoms with Gasteiger partial charge in [-0.3, -0.25) is 5.10 Å². The molecule has 2 unspecified atom stereocenters. The van der Waals surface area contributed by atoms with Crippen molar-refractivity contribution in [2.24, 2.45) is 0 Å². The largest absolute Gasteiger partial charge is 0.444 e. The second-order valence-corrected chi connectivity index (χ2v) is 20.6. The fraction of sp³-hybridized carbons (Fsp3) is 0.548. The Hall–Kier alpha value is -2.86. The molecule has 44 heavy (non-hydrogen) atoms. The predicted molar refractivity (Wildman–Crippen MR) is 178 cm³/mol. The molecule has 0 saturated carbocycles. The first-order valence-corrected chi connectivity index (χ1v) is 19.8. The van der Waals surface area contributed by atoms with Gasteiger partial charge < -0.3 is 24.3 Å². The number of nitrogens with one attached hydrogen (secondary N) is 2. The zero-order chi connectivity index (χ0) is 31.4. The summed E-state index contributed by atoms with van der Waals surface area (Å²) in [5.74, 6) is 0.841. The number of alkyl carbamates (subject to hydrolysis) is 1. The van der Waals surface area contributed by atoms with Crippen LogP contribution in [0.25, 0.3) is 33.2 Å². The highest BCUT2D eigenvalue weighted by molar-refractivity contribution is 6.76. The molecule has 236 valence electrons. The van der Waals surface area contributed by atoms with Gasteiger partial charge in [0, 0.05) is 50.1 Å². The van der Waals surface area contributed by atoms with Crippen molar-refractivity contribution in [3.05, 3.63) is 34.7 Å². The van der Waals surface area contributed by atoms with Crippen molar-refractivity contribution in [3.8, 4) is 11.1 Å². The number of aromatic amines is 1. The van der Waals surface area contributed by atoms with Gasteiger partial charge in [-0.15, -0.1) is 0 Å². The number of piperidine rings is 1. The number of fused-ring (bicyclic) bond motifs is 4. The third-order valence-corrected chi connectivity index (χ3v) is 10.8. The van der Waals surface area contributed by atoms with Gasteiger partial charge in [0.15, 0.2) is 5.65 Å². The number of halogens is 2. The molecule has 2 aliphatic rings. The molecule has 1 amide bonds. The number of benzene rings is 1. The van der Waals surface area contributed by atoms with E-state index in [2.05, 4.69) is 40.1 Å². The molecular weight excluding hydrogens is 617 g/mol. The minimum Gasteiger partial charge on any atom is -0.444 e. The number of hydrogen-bond donors (Lipinski definition) is 2. The maximum absolute atomic E-state index is 12.5. The molecule has 0 spiro atoms. The van der Waals surface area contributed by atoms with Crippen molar-refractivity contribution in [3.63, 3.8) is 0 Å². The highest BCUT2D eigenvalue weighted by atomic mass is 35.5. The molecule has 0 aliphatic carbocycles. The van der Waals surface area contributed by atoms with Crippen molar-refractivity contribution < 1.29 is 14.3 Å². The zero-order valence-electron chi connectivity index (χ0n) is 26.2. The molecule has 2 atom stereocenters. The maximum atomic E-state index is 12.5. The normalized spacial score (nSPS) is 20.5. The number of nitrogens with zero attached hydrogens (tertiary/aromatic N) is 5. The SMILES string of the molecule is CC(C)(C)OC(=O)NC1CC2CCC(C1)N2c1cnc2c(-c3ccc4n[nH]c(Cl)c4c3Cl)cn(COCC[Si](C)(C)C)c2n1. The smallest absolute Gasteiger partial charge is 0.407 e. The molecule has 2 N–H and O–H groups in total. The Balaban J connectivity index is 1.31. The average Bonchev–Trinajstić information content (AvgIpc) is 3.56. The molecule has 6 rings (SSSR count). The van der Waals surface area contributed by atoms with E-state index in [9.17, 15) is 4.79 Å². The van der Waals surface area contributed by atoms with E-state index in [1.165, 1.54) is 0 Å². The van der Waals surface area contributed by atoms with Crippen LogP contribution in [-0.4, -0.2) is 69.2 Å². The Morgan fingerprint density at radius 2 is 1.86 bits per heavy atom. The molecule has 10 nitrogen and oxygen atoms in total. The van der Waals surface area contributed by atoms with Crippen LogP contribution in [0.3, 0.4) is 0 Å². The molecule has 0 radical (unpaired) electrons. The zero-order valence-corrected chi connectivity index (χ0v) is 28.7. The van der Waals surface area contributed by atoms with Crippen LogP contribution in [0.5, 0.6) is 0 Å². The summed E-state index contributed by atoms with van der Waals surface area (Å²) in [6, 6.07) is 5.52. The molecule has 1 aromatic carbocycles. The van der Waals surface area contributed by atoms with Crippen LogP contribution in [0, 0.1) is 0 Å². The van der Waals surface area contributed by atoms with Crippen LogP contribution >= 0.6 is 23.2 Å². The van der Waals surface area contributed by atoms with Crippen LogP contribution in [0.1, 0.15) is 46.5 Å². The van der Waals surface area contributed by atoms with Gasteiger partial charge in [0.25, 0.3) is 0 Å². The lowest BCUT2D eigenvalue weighted by atomic mass is 9.97. The second kappa shape index (κ2) is 11.8. The number of rotatable bonds is 8. The molecule has 13 heteroatoms. The van der Waals surface area contributed by atoms with E-state index in [-0.39, 0.29) is 24.2 Å². The molecule has 2 saturated heterocycles. The lowest BCUT2D eigenvalue weighted by Crippen LogP contribution is -2.51. The third kappa shape index (κ3) is 6.42. The summed E-state index contributed by atoms with van der Waals surface area (Å²) in [7, 11) is -1.24. The summed E-state index contributed by atoms with van der Waals surface area (Å²) in [5.41, 5.74) is 3.34. The minimum atomic E-state index is -1.24. The standard InChI is InChI=1S/C31H41Cl2N7O3Si/c1-31(2,3)43-30(41)35-18-13-19-7-8-20(14-18)40(19)24-15-34-27-22(21-9-10-23-25(26(21)32)28(33)38-37-23)16-39(29(27)36-24)17-42-11-12-44(4,5)6/h9-10,15-16,18-20H,7-8,11-14,17H2,1-6H3,(H,35,41)(H,37,38). The minimum absolute atomic E-state index is 0.0670. The van der Waals surface area contributed by atoms with Crippen molar-refractivity contribution in [1.29, 1.82) is 0 Å². The fourth-order valence-corrected chi connectivity index (χ4v) is 7.78. The molecule has 3 aromatic heterocycles. The van der Waals surface area contributed by atoms with Gasteiger partial charge in [-0.25, -0.2) is 14.8 Å². The Morgan fingerprint density at radius 1 is 1.14 bits per heavy atom. The van der Waals surface area contributed by atoms with Gasteiger partial charge in [0.1, 0.15) is 28.8 Å². The molecule has 2 fully saturated rings. The number of aromatic nitrogens is 5. The van der Waals surface area contributed by atoms with E-state index in [0.29, 0.717) is 34.4 Å². The molecule has 4 aromatic rings. The van der Waals surface area contributed by atoms with Gasteiger partial charge in [-0.05, 0) is 58.6 Å². The first kappa shape index (κ1) is 31.1. The first-order chi connectivity index (χ1) is 20.8. The van der Waals surface area contributed by atoms with Gasteiger partial charge in [-0.1, -0.05) is 48.9 Å². The van der Waals surface area contributed by atoms with Crippen LogP contribution in [0.15, 0.2) is 24.5 Å². The van der Waals surface area contributed by atoms with E-state index in [1.54, 1.807) is 0 Å². The van der Waals surface area contributed by atoms with E-state index < -0.39 is 13.7 Å². The predicted octanol–water partition coefficient (Wildman–Crippen LogP) is 7.62. The molecule has 5 heterocycles. The quantitative estimate of drug-likeness (QED) is 0.148. The topological polar surface area (TPSA) is 110 Å². The number of H-pyrrole nitrogens is 1. The number of anilines is 1. The first-order valence-electron chi connectivity index (χ1n) is 15.3. The van der Waals surface area contributed by atoms with Gasteiger partial charge in [0.2, 0.25) is 0 Å². The second-order valence-electron chi connectivity index (χ2n) is 14.2. The monoisotopic (exact) mass is 657 g/mol. The Labute approximate surface area is 268 Å². The lowest BCUT2D eigenvalue weighted by molar-refractivity contribution is 0.0492. The summed E-state index contributed by atoms with van der Waals surface area (Å²) in [6.07, 6.45) is 7.30. The summed E-state index contributed by atoms with van der Waals surface area (Å²) in [5, 5.41) is 11.8. The fourth-order valence-electron chi connectivity index (χ4n) is 6.38. The van der Waals surface area contributed by atoms with E-state index in [1.807, 2.05) is 49.9 Å². The van der Waals surface area contributed by atoms with Gasteiger partial charge in [-0.2, -0.15) is 5.10 Å². The van der Waals surface area contributed by atoms with Crippen molar-refractivity contribution in [1.82, 2.24) is 30.0 Å².